The molecule has 3 heterocycles. The van der Waals surface area contributed by atoms with Crippen molar-refractivity contribution in [3.05, 3.63) is 94.6 Å². The van der Waals surface area contributed by atoms with Crippen molar-refractivity contribution in [2.45, 2.75) is 13.0 Å². The zero-order chi connectivity index (χ0) is 30.3. The van der Waals surface area contributed by atoms with Gasteiger partial charge in [-0.2, -0.15) is 8.78 Å². The quantitative estimate of drug-likeness (QED) is 0.0719. The number of ether oxygens (including phenoxy) is 1. The molecule has 1 aliphatic heterocycles. The van der Waals surface area contributed by atoms with Gasteiger partial charge < -0.3 is 19.5 Å². The van der Waals surface area contributed by atoms with Crippen LogP contribution in [0.25, 0.3) is 11.0 Å². The normalized spacial score (nSPS) is 15.1. The van der Waals surface area contributed by atoms with Crippen LogP contribution in [0, 0.1) is 29.1 Å². The molecular formula is C28H19F5N4O5. The third kappa shape index (κ3) is 4.84. The second-order valence-corrected chi connectivity index (χ2v) is 9.37. The van der Waals surface area contributed by atoms with Gasteiger partial charge in [-0.05, 0) is 25.1 Å². The predicted octanol–water partition coefficient (Wildman–Crippen LogP) is 4.03. The third-order valence-corrected chi connectivity index (χ3v) is 6.79. The summed E-state index contributed by atoms with van der Waals surface area (Å²) in [4.78, 5) is 61.3. The fraction of sp³-hybridized carbons (Fsp3) is 0.179. The monoisotopic (exact) mass is 586 g/mol. The highest BCUT2D eigenvalue weighted by atomic mass is 19.2. The number of Topliss-reactive ketones (excluding diaryl/α,β-unsaturated/α-hetero) is 1. The highest BCUT2D eigenvalue weighted by Gasteiger charge is 2.35. The third-order valence-electron chi connectivity index (χ3n) is 6.79. The second kappa shape index (κ2) is 11.0. The van der Waals surface area contributed by atoms with Gasteiger partial charge in [-0.25, -0.2) is 18.0 Å². The fourth-order valence-corrected chi connectivity index (χ4v) is 4.64. The lowest BCUT2D eigenvalue weighted by molar-refractivity contribution is -0.130. The molecule has 1 aliphatic rings. The number of fused-ring (bicyclic) bond motifs is 1. The Balaban J connectivity index is 1.35. The number of rotatable bonds is 5. The van der Waals surface area contributed by atoms with Crippen LogP contribution in [0.1, 0.15) is 38.0 Å². The number of carbonyl (C=O) groups is 4. The van der Waals surface area contributed by atoms with Crippen LogP contribution in [-0.4, -0.2) is 69.0 Å². The average molecular weight is 586 g/mol. The van der Waals surface area contributed by atoms with E-state index >= 15 is 0 Å². The van der Waals surface area contributed by atoms with E-state index in [-0.39, 0.29) is 42.1 Å². The number of ketones is 1. The summed E-state index contributed by atoms with van der Waals surface area (Å²) in [6.07, 6.45) is 2.12. The smallest absolute Gasteiger partial charge is 0.346 e. The van der Waals surface area contributed by atoms with Crippen LogP contribution >= 0.6 is 0 Å². The zero-order valence-electron chi connectivity index (χ0n) is 21.6. The van der Waals surface area contributed by atoms with E-state index in [0.717, 1.165) is 18.5 Å². The molecule has 1 fully saturated rings. The second-order valence-electron chi connectivity index (χ2n) is 9.37. The van der Waals surface area contributed by atoms with Crippen LogP contribution in [0.5, 0.6) is 5.75 Å². The van der Waals surface area contributed by atoms with Crippen molar-refractivity contribution in [2.24, 2.45) is 0 Å². The number of aromatic amines is 1. The molecular weight excluding hydrogens is 567 g/mol. The number of esters is 1. The number of carbonyl (C=O) groups excluding carboxylic acids is 4. The molecule has 2 amide bonds. The van der Waals surface area contributed by atoms with Crippen molar-refractivity contribution in [3.63, 3.8) is 0 Å². The molecule has 2 aromatic carbocycles. The summed E-state index contributed by atoms with van der Waals surface area (Å²) in [6.45, 7) is 2.10. The fourth-order valence-electron chi connectivity index (χ4n) is 4.64. The van der Waals surface area contributed by atoms with Gasteiger partial charge in [0.25, 0.3) is 17.6 Å². The number of nitrogens with zero attached hydrogens (tertiary/aromatic N) is 3. The number of piperazine rings is 1. The minimum Gasteiger partial charge on any atom is -0.416 e. The van der Waals surface area contributed by atoms with Gasteiger partial charge in [0.05, 0.1) is 16.6 Å². The van der Waals surface area contributed by atoms with Gasteiger partial charge >= 0.3 is 5.97 Å². The molecule has 1 N–H and O–H groups in total. The molecule has 0 bridgehead atoms. The summed E-state index contributed by atoms with van der Waals surface area (Å²) in [5.41, 5.74) is -0.577. The lowest BCUT2D eigenvalue weighted by atomic mass is 10.1. The van der Waals surface area contributed by atoms with Crippen LogP contribution in [0.2, 0.25) is 0 Å². The average Bonchev–Trinajstić information content (AvgIpc) is 3.44. The molecule has 1 saturated heterocycles. The number of benzene rings is 2. The highest BCUT2D eigenvalue weighted by molar-refractivity contribution is 6.44. The zero-order valence-corrected chi connectivity index (χ0v) is 21.6. The first-order valence-electron chi connectivity index (χ1n) is 12.4. The first kappa shape index (κ1) is 28.4. The molecule has 14 heteroatoms. The Morgan fingerprint density at radius 3 is 2.17 bits per heavy atom. The molecule has 0 radical (unpaired) electrons. The molecule has 0 saturated carbocycles. The first-order valence-corrected chi connectivity index (χ1v) is 12.4. The van der Waals surface area contributed by atoms with Gasteiger partial charge in [0.1, 0.15) is 5.52 Å². The molecule has 4 aromatic rings. The lowest BCUT2D eigenvalue weighted by Gasteiger charge is -2.39. The van der Waals surface area contributed by atoms with E-state index in [1.807, 2.05) is 0 Å². The Morgan fingerprint density at radius 1 is 0.881 bits per heavy atom. The lowest BCUT2D eigenvalue weighted by Crippen LogP contribution is -2.56. The van der Waals surface area contributed by atoms with Gasteiger partial charge in [-0.3, -0.25) is 19.4 Å². The Kier molecular flexibility index (Phi) is 7.45. The topological polar surface area (TPSA) is 113 Å². The van der Waals surface area contributed by atoms with Gasteiger partial charge in [-0.1, -0.05) is 18.2 Å². The van der Waals surface area contributed by atoms with Crippen LogP contribution < -0.4 is 4.74 Å². The summed E-state index contributed by atoms with van der Waals surface area (Å²) in [7, 11) is 0. The number of H-pyrrole nitrogens is 1. The molecule has 42 heavy (non-hydrogen) atoms. The maximum Gasteiger partial charge on any atom is 0.346 e. The van der Waals surface area contributed by atoms with Crippen LogP contribution in [0.3, 0.4) is 0 Å². The van der Waals surface area contributed by atoms with Gasteiger partial charge in [0.2, 0.25) is 34.8 Å². The summed E-state index contributed by atoms with van der Waals surface area (Å²) >= 11 is 0. The van der Waals surface area contributed by atoms with Crippen molar-refractivity contribution < 1.29 is 45.9 Å². The number of pyridine rings is 1. The molecule has 2 aromatic heterocycles. The van der Waals surface area contributed by atoms with Crippen LogP contribution in [0.4, 0.5) is 22.0 Å². The summed E-state index contributed by atoms with van der Waals surface area (Å²) in [5, 5.41) is 0. The maximum absolute atomic E-state index is 14.0. The standard InChI is InChI=1S/C28H19F5N4O5/c1-13-12-36(26(39)14-5-3-2-4-6-14)9-10-37(13)27(40)24(38)16-11-35-22-15(7-8-34-23(16)22)28(41)42-25-20(32)18(30)17(29)19(31)21(25)33/h2-8,11,13,35H,9-10,12H2,1H3/t13-/m1/s1. The van der Waals surface area contributed by atoms with Crippen LogP contribution in [0.15, 0.2) is 48.8 Å². The Morgan fingerprint density at radius 2 is 1.52 bits per heavy atom. The van der Waals surface area contributed by atoms with Gasteiger partial charge in [0.15, 0.2) is 0 Å². The molecule has 0 spiro atoms. The molecule has 5 rings (SSSR count). The Labute approximate surface area is 233 Å². The predicted molar refractivity (Wildman–Crippen MR) is 135 cm³/mol. The summed E-state index contributed by atoms with van der Waals surface area (Å²) < 4.78 is 73.0. The number of hydrogen-bond donors (Lipinski definition) is 1. The van der Waals surface area contributed by atoms with E-state index in [9.17, 15) is 41.1 Å². The number of amides is 2. The molecule has 1 atom stereocenters. The van der Waals surface area contributed by atoms with Gasteiger partial charge in [-0.15, -0.1) is 0 Å². The number of hydrogen-bond acceptors (Lipinski definition) is 6. The number of nitrogens with one attached hydrogen (secondary N) is 1. The van der Waals surface area contributed by atoms with Crippen molar-refractivity contribution in [1.82, 2.24) is 19.8 Å². The van der Waals surface area contributed by atoms with Crippen LogP contribution in [-0.2, 0) is 4.79 Å². The SMILES string of the molecule is C[C@@H]1CN(C(=O)c2ccccc2)CCN1C(=O)C(=O)c1c[nH]c2c(C(=O)Oc3c(F)c(F)c(F)c(F)c3F)ccnc12. The largest absolute Gasteiger partial charge is 0.416 e. The van der Waals surface area contributed by atoms with E-state index < -0.39 is 64.1 Å². The van der Waals surface area contributed by atoms with E-state index in [2.05, 4.69) is 14.7 Å². The van der Waals surface area contributed by atoms with Gasteiger partial charge in [0, 0.05) is 43.6 Å². The van der Waals surface area contributed by atoms with Crippen molar-refractivity contribution in [3.8, 4) is 5.75 Å². The summed E-state index contributed by atoms with van der Waals surface area (Å²) in [6, 6.07) is 9.09. The van der Waals surface area contributed by atoms with E-state index in [1.165, 1.54) is 4.90 Å². The minimum absolute atomic E-state index is 0.0690. The molecule has 0 unspecified atom stereocenters. The molecule has 0 aliphatic carbocycles. The molecule has 9 nitrogen and oxygen atoms in total. The number of aromatic nitrogens is 2. The number of halogens is 5. The van der Waals surface area contributed by atoms with Crippen molar-refractivity contribution >= 4 is 34.6 Å². The Bertz CT molecular complexity index is 1730. The maximum atomic E-state index is 14.0. The first-order chi connectivity index (χ1) is 20.0. The Hall–Kier alpha value is -5.14. The minimum atomic E-state index is -2.42. The van der Waals surface area contributed by atoms with Crippen molar-refractivity contribution in [2.75, 3.05) is 19.6 Å². The highest BCUT2D eigenvalue weighted by Crippen LogP contribution is 2.30. The van der Waals surface area contributed by atoms with E-state index in [4.69, 9.17) is 0 Å². The van der Waals surface area contributed by atoms with E-state index in [0.29, 0.717) is 5.56 Å². The van der Waals surface area contributed by atoms with E-state index in [1.54, 1.807) is 42.2 Å². The summed E-state index contributed by atoms with van der Waals surface area (Å²) in [5.74, 6) is -17.2. The van der Waals surface area contributed by atoms with Crippen molar-refractivity contribution in [1.29, 1.82) is 0 Å². The molecule has 216 valence electrons.